The van der Waals surface area contributed by atoms with E-state index in [4.69, 9.17) is 16.3 Å². The number of halogens is 4. The molecule has 1 heterocycles. The monoisotopic (exact) mass is 436 g/mol. The van der Waals surface area contributed by atoms with Gasteiger partial charge in [0.2, 0.25) is 0 Å². The zero-order valence-corrected chi connectivity index (χ0v) is 16.4. The molecular formula is C20H16ClF3N4O2. The Balaban J connectivity index is 2.05. The van der Waals surface area contributed by atoms with Crippen molar-refractivity contribution in [1.82, 2.24) is 9.97 Å². The van der Waals surface area contributed by atoms with E-state index in [0.717, 1.165) is 12.1 Å². The molecule has 10 heteroatoms. The summed E-state index contributed by atoms with van der Waals surface area (Å²) < 4.78 is 44.5. The summed E-state index contributed by atoms with van der Waals surface area (Å²) in [7, 11) is 0. The smallest absolute Gasteiger partial charge is 0.416 e. The van der Waals surface area contributed by atoms with E-state index >= 15 is 0 Å². The third kappa shape index (κ3) is 4.80. The zero-order valence-electron chi connectivity index (χ0n) is 15.7. The molecule has 1 aromatic heterocycles. The Morgan fingerprint density at radius 1 is 1.23 bits per heavy atom. The number of nitrogens with one attached hydrogen (secondary N) is 2. The zero-order chi connectivity index (χ0) is 21.9. The number of carbonyl (C=O) groups is 1. The fraction of sp³-hybridized carbons (Fsp3) is 0.150. The highest BCUT2D eigenvalue weighted by Crippen LogP contribution is 2.35. The molecule has 0 saturated carbocycles. The molecule has 0 bridgehead atoms. The molecule has 2 N–H and O–H groups in total. The van der Waals surface area contributed by atoms with Gasteiger partial charge in [0.05, 0.1) is 28.4 Å². The summed E-state index contributed by atoms with van der Waals surface area (Å²) in [5.41, 5.74) is 0.153. The number of carbonyl (C=O) groups excluding carboxylic acids is 1. The fourth-order valence-corrected chi connectivity index (χ4v) is 2.70. The first-order valence-corrected chi connectivity index (χ1v) is 9.08. The van der Waals surface area contributed by atoms with Gasteiger partial charge >= 0.3 is 6.18 Å². The van der Waals surface area contributed by atoms with E-state index in [1.807, 2.05) is 0 Å². The Morgan fingerprint density at radius 3 is 2.67 bits per heavy atom. The molecule has 0 saturated heterocycles. The van der Waals surface area contributed by atoms with Crippen LogP contribution in [0, 0.1) is 0 Å². The second-order valence-corrected chi connectivity index (χ2v) is 6.54. The molecule has 0 aliphatic heterocycles. The normalized spacial score (nSPS) is 11.2. The highest BCUT2D eigenvalue weighted by molar-refractivity contribution is 6.43. The van der Waals surface area contributed by atoms with Crippen LogP contribution in [0.4, 0.5) is 30.4 Å². The van der Waals surface area contributed by atoms with Gasteiger partial charge in [0.1, 0.15) is 17.9 Å². The molecule has 3 aromatic rings. The van der Waals surface area contributed by atoms with Crippen LogP contribution in [0.5, 0.6) is 5.75 Å². The largest absolute Gasteiger partial charge is 0.492 e. The SMILES string of the molecule is C=C(Cl)C(=O)Nc1cc2c(Nc3cccc(C(F)(F)F)c3)ncnc2cc1OCC. The van der Waals surface area contributed by atoms with Gasteiger partial charge in [-0.05, 0) is 31.2 Å². The van der Waals surface area contributed by atoms with E-state index in [2.05, 4.69) is 27.2 Å². The first-order valence-electron chi connectivity index (χ1n) is 8.70. The first-order chi connectivity index (χ1) is 14.2. The second kappa shape index (κ2) is 8.58. The Hall–Kier alpha value is -3.33. The van der Waals surface area contributed by atoms with Crippen molar-refractivity contribution in [2.75, 3.05) is 17.2 Å². The van der Waals surface area contributed by atoms with Crippen molar-refractivity contribution in [3.63, 3.8) is 0 Å². The van der Waals surface area contributed by atoms with E-state index < -0.39 is 17.6 Å². The molecule has 0 fully saturated rings. The average molecular weight is 437 g/mol. The van der Waals surface area contributed by atoms with Gasteiger partial charge < -0.3 is 15.4 Å². The Morgan fingerprint density at radius 2 is 2.00 bits per heavy atom. The number of anilines is 3. The van der Waals surface area contributed by atoms with Crippen LogP contribution in [-0.2, 0) is 11.0 Å². The van der Waals surface area contributed by atoms with Crippen molar-refractivity contribution in [2.45, 2.75) is 13.1 Å². The fourth-order valence-electron chi connectivity index (χ4n) is 2.66. The maximum atomic E-state index is 13.0. The average Bonchev–Trinajstić information content (AvgIpc) is 2.68. The molecule has 0 aliphatic carbocycles. The minimum Gasteiger partial charge on any atom is -0.492 e. The molecule has 1 amide bonds. The number of nitrogens with zero attached hydrogens (tertiary/aromatic N) is 2. The van der Waals surface area contributed by atoms with Crippen molar-refractivity contribution >= 4 is 45.6 Å². The van der Waals surface area contributed by atoms with Gasteiger partial charge in [-0.3, -0.25) is 4.79 Å². The van der Waals surface area contributed by atoms with Crippen LogP contribution in [0.25, 0.3) is 10.9 Å². The van der Waals surface area contributed by atoms with Crippen molar-refractivity contribution < 1.29 is 22.7 Å². The van der Waals surface area contributed by atoms with Crippen LogP contribution >= 0.6 is 11.6 Å². The van der Waals surface area contributed by atoms with Crippen molar-refractivity contribution in [3.8, 4) is 5.75 Å². The Kier molecular flexibility index (Phi) is 6.12. The number of hydrogen-bond acceptors (Lipinski definition) is 5. The third-order valence-corrected chi connectivity index (χ3v) is 4.16. The number of fused-ring (bicyclic) bond motifs is 1. The van der Waals surface area contributed by atoms with E-state index in [1.165, 1.54) is 18.5 Å². The van der Waals surface area contributed by atoms with Crippen molar-refractivity contribution in [2.24, 2.45) is 0 Å². The van der Waals surface area contributed by atoms with Gasteiger partial charge in [-0.1, -0.05) is 24.2 Å². The van der Waals surface area contributed by atoms with Crippen LogP contribution in [-0.4, -0.2) is 22.5 Å². The minimum atomic E-state index is -4.47. The van der Waals surface area contributed by atoms with Gasteiger partial charge in [0, 0.05) is 17.1 Å². The Bertz CT molecular complexity index is 1120. The molecule has 2 aromatic carbocycles. The number of rotatable bonds is 6. The van der Waals surface area contributed by atoms with Gasteiger partial charge in [-0.15, -0.1) is 0 Å². The predicted octanol–water partition coefficient (Wildman–Crippen LogP) is 5.48. The molecular weight excluding hydrogens is 421 g/mol. The summed E-state index contributed by atoms with van der Waals surface area (Å²) in [4.78, 5) is 20.3. The number of hydrogen-bond donors (Lipinski definition) is 2. The molecule has 156 valence electrons. The quantitative estimate of drug-likeness (QED) is 0.500. The molecule has 0 spiro atoms. The molecule has 30 heavy (non-hydrogen) atoms. The summed E-state index contributed by atoms with van der Waals surface area (Å²) in [6.45, 7) is 5.48. The molecule has 6 nitrogen and oxygen atoms in total. The number of aromatic nitrogens is 2. The van der Waals surface area contributed by atoms with Gasteiger partial charge in [0.15, 0.2) is 0 Å². The number of ether oxygens (including phenoxy) is 1. The summed E-state index contributed by atoms with van der Waals surface area (Å²) in [5, 5.41) is 5.68. The van der Waals surface area contributed by atoms with E-state index in [1.54, 1.807) is 19.1 Å². The lowest BCUT2D eigenvalue weighted by Crippen LogP contribution is -2.12. The first kappa shape index (κ1) is 21.4. The van der Waals surface area contributed by atoms with Crippen molar-refractivity contribution in [1.29, 1.82) is 0 Å². The molecule has 0 atom stereocenters. The minimum absolute atomic E-state index is 0.193. The number of amides is 1. The van der Waals surface area contributed by atoms with Crippen LogP contribution < -0.4 is 15.4 Å². The third-order valence-electron chi connectivity index (χ3n) is 3.98. The van der Waals surface area contributed by atoms with Gasteiger partial charge in [0.25, 0.3) is 5.91 Å². The maximum absolute atomic E-state index is 13.0. The summed E-state index contributed by atoms with van der Waals surface area (Å²) in [6.07, 6.45) is -3.20. The topological polar surface area (TPSA) is 76.1 Å². The lowest BCUT2D eigenvalue weighted by atomic mass is 10.1. The van der Waals surface area contributed by atoms with Crippen LogP contribution in [0.1, 0.15) is 12.5 Å². The number of alkyl halides is 3. The second-order valence-electron chi connectivity index (χ2n) is 6.08. The summed E-state index contributed by atoms with van der Waals surface area (Å²) >= 11 is 5.64. The van der Waals surface area contributed by atoms with Crippen molar-refractivity contribution in [3.05, 3.63) is 59.9 Å². The molecule has 0 aliphatic rings. The van der Waals surface area contributed by atoms with E-state index in [-0.39, 0.29) is 22.2 Å². The predicted molar refractivity (Wildman–Crippen MR) is 109 cm³/mol. The Labute approximate surface area is 174 Å². The summed E-state index contributed by atoms with van der Waals surface area (Å²) in [6, 6.07) is 7.86. The van der Waals surface area contributed by atoms with E-state index in [9.17, 15) is 18.0 Å². The standard InChI is InChI=1S/C20H16ClF3N4O2/c1-3-30-17-9-15-14(8-16(17)28-19(29)11(2)21)18(26-10-25-15)27-13-6-4-5-12(7-13)20(22,23)24/h4-10H,2-3H2,1H3,(H,28,29)(H,25,26,27). The molecule has 0 radical (unpaired) electrons. The van der Waals surface area contributed by atoms with Crippen LogP contribution in [0.2, 0.25) is 0 Å². The summed E-state index contributed by atoms with van der Waals surface area (Å²) in [5.74, 6) is -0.0243. The van der Waals surface area contributed by atoms with Gasteiger partial charge in [-0.25, -0.2) is 9.97 Å². The van der Waals surface area contributed by atoms with Gasteiger partial charge in [-0.2, -0.15) is 13.2 Å². The lowest BCUT2D eigenvalue weighted by molar-refractivity contribution is -0.137. The van der Waals surface area contributed by atoms with Crippen LogP contribution in [0.3, 0.4) is 0 Å². The van der Waals surface area contributed by atoms with E-state index in [0.29, 0.717) is 23.3 Å². The molecule has 0 unspecified atom stereocenters. The molecule has 3 rings (SSSR count). The lowest BCUT2D eigenvalue weighted by Gasteiger charge is -2.15. The highest BCUT2D eigenvalue weighted by Gasteiger charge is 2.30. The van der Waals surface area contributed by atoms with Crippen LogP contribution in [0.15, 0.2) is 54.3 Å². The maximum Gasteiger partial charge on any atom is 0.416 e. The number of benzene rings is 2. The highest BCUT2D eigenvalue weighted by atomic mass is 35.5.